The second-order valence-electron chi connectivity index (χ2n) is 15.0. The lowest BCUT2D eigenvalue weighted by Gasteiger charge is -2.33. The number of benzene rings is 8. The lowest BCUT2D eigenvalue weighted by Crippen LogP contribution is -2.39. The molecule has 0 saturated heterocycles. The molecule has 5 nitrogen and oxygen atoms in total. The zero-order chi connectivity index (χ0) is 37.5. The molecule has 0 amide bonds. The third-order valence-corrected chi connectivity index (χ3v) is 11.8. The van der Waals surface area contributed by atoms with Crippen LogP contribution in [0.15, 0.2) is 199 Å². The molecule has 3 aromatic heterocycles. The van der Waals surface area contributed by atoms with Gasteiger partial charge in [-0.25, -0.2) is 0 Å². The molecule has 5 heteroatoms. The highest BCUT2D eigenvalue weighted by molar-refractivity contribution is 6.28. The number of nitrogens with one attached hydrogen (secondary N) is 2. The van der Waals surface area contributed by atoms with E-state index in [1.165, 1.54) is 38.1 Å². The molecule has 2 N–H and O–H groups in total. The first-order chi connectivity index (χ1) is 28.3. The molecule has 0 fully saturated rings. The van der Waals surface area contributed by atoms with Gasteiger partial charge < -0.3 is 18.9 Å². The Labute approximate surface area is 328 Å². The summed E-state index contributed by atoms with van der Waals surface area (Å²) in [7, 11) is 0. The van der Waals surface area contributed by atoms with Crippen LogP contribution >= 0.6 is 0 Å². The van der Waals surface area contributed by atoms with Crippen molar-refractivity contribution >= 4 is 71.2 Å². The fourth-order valence-corrected chi connectivity index (χ4v) is 9.21. The minimum atomic E-state index is -0.141. The summed E-state index contributed by atoms with van der Waals surface area (Å²) >= 11 is 0. The number of hydrogen-bond acceptors (Lipinski definition) is 3. The summed E-state index contributed by atoms with van der Waals surface area (Å²) in [5.41, 5.74) is 13.3. The molecule has 12 rings (SSSR count). The van der Waals surface area contributed by atoms with Gasteiger partial charge in [-0.05, 0) is 71.3 Å². The van der Waals surface area contributed by atoms with Crippen LogP contribution in [0.4, 0.5) is 0 Å². The van der Waals surface area contributed by atoms with Gasteiger partial charge >= 0.3 is 0 Å². The average molecular weight is 733 g/mol. The Morgan fingerprint density at radius 3 is 1.98 bits per heavy atom. The monoisotopic (exact) mass is 732 g/mol. The Bertz CT molecular complexity index is 3360. The van der Waals surface area contributed by atoms with Gasteiger partial charge in [-0.3, -0.25) is 5.32 Å². The molecule has 0 radical (unpaired) electrons. The zero-order valence-corrected chi connectivity index (χ0v) is 30.9. The molecule has 2 atom stereocenters. The molecule has 0 spiro atoms. The highest BCUT2D eigenvalue weighted by Gasteiger charge is 2.26. The van der Waals surface area contributed by atoms with Gasteiger partial charge in [0.05, 0.1) is 28.1 Å². The van der Waals surface area contributed by atoms with Crippen LogP contribution < -0.4 is 10.6 Å². The van der Waals surface area contributed by atoms with Crippen LogP contribution in [0.5, 0.6) is 0 Å². The second kappa shape index (κ2) is 12.6. The highest BCUT2D eigenvalue weighted by Crippen LogP contribution is 2.44. The molecule has 2 unspecified atom stereocenters. The molecule has 0 aliphatic carbocycles. The molecule has 270 valence electrons. The van der Waals surface area contributed by atoms with Crippen LogP contribution in [0.25, 0.3) is 82.6 Å². The van der Waals surface area contributed by atoms with E-state index >= 15 is 0 Å². The van der Waals surface area contributed by atoms with Crippen molar-refractivity contribution in [1.29, 1.82) is 0 Å². The topological polar surface area (TPSA) is 47.1 Å². The first kappa shape index (κ1) is 32.0. The second-order valence-corrected chi connectivity index (χ2v) is 15.0. The fraction of sp³-hybridized carbons (Fsp3) is 0.0385. The molecule has 11 aromatic rings. The minimum absolute atomic E-state index is 0.0270. The van der Waals surface area contributed by atoms with Gasteiger partial charge in [0.2, 0.25) is 0 Å². The molecular formula is C52H36N4O. The Morgan fingerprint density at radius 2 is 1.14 bits per heavy atom. The van der Waals surface area contributed by atoms with E-state index in [0.29, 0.717) is 0 Å². The summed E-state index contributed by atoms with van der Waals surface area (Å²) in [6, 6.07) is 67.4. The van der Waals surface area contributed by atoms with E-state index in [-0.39, 0.29) is 12.2 Å². The summed E-state index contributed by atoms with van der Waals surface area (Å²) in [6.45, 7) is 0. The molecule has 1 aliphatic heterocycles. The molecule has 0 bridgehead atoms. The normalized spacial score (nSPS) is 15.9. The van der Waals surface area contributed by atoms with Crippen LogP contribution in [0.2, 0.25) is 0 Å². The van der Waals surface area contributed by atoms with E-state index in [1.54, 1.807) is 0 Å². The van der Waals surface area contributed by atoms with Crippen LogP contribution in [0, 0.1) is 0 Å². The van der Waals surface area contributed by atoms with E-state index in [4.69, 9.17) is 4.42 Å². The summed E-state index contributed by atoms with van der Waals surface area (Å²) in [6.07, 6.45) is 2.16. The molecule has 0 saturated carbocycles. The molecule has 8 aromatic carbocycles. The third-order valence-electron chi connectivity index (χ3n) is 11.8. The summed E-state index contributed by atoms with van der Waals surface area (Å²) in [4.78, 5) is 0. The first-order valence-corrected chi connectivity index (χ1v) is 19.6. The van der Waals surface area contributed by atoms with E-state index in [2.05, 4.69) is 208 Å². The van der Waals surface area contributed by atoms with Crippen LogP contribution in [0.3, 0.4) is 0 Å². The number of aromatic nitrogens is 2. The molecule has 1 aliphatic rings. The van der Waals surface area contributed by atoms with Gasteiger partial charge in [-0.15, -0.1) is 0 Å². The van der Waals surface area contributed by atoms with Crippen molar-refractivity contribution in [3.05, 3.63) is 211 Å². The van der Waals surface area contributed by atoms with Crippen molar-refractivity contribution in [3.63, 3.8) is 0 Å². The number of furan rings is 1. The van der Waals surface area contributed by atoms with Gasteiger partial charge in [0, 0.05) is 55.5 Å². The van der Waals surface area contributed by atoms with Gasteiger partial charge in [-0.1, -0.05) is 133 Å². The third kappa shape index (κ3) is 4.99. The van der Waals surface area contributed by atoms with E-state index in [9.17, 15) is 0 Å². The van der Waals surface area contributed by atoms with Crippen LogP contribution in [-0.2, 0) is 0 Å². The minimum Gasteiger partial charge on any atom is -0.456 e. The highest BCUT2D eigenvalue weighted by atomic mass is 16.3. The maximum Gasteiger partial charge on any atom is 0.137 e. The van der Waals surface area contributed by atoms with Crippen molar-refractivity contribution in [2.75, 3.05) is 0 Å². The average Bonchev–Trinajstić information content (AvgIpc) is 3.93. The summed E-state index contributed by atoms with van der Waals surface area (Å²) in [5.74, 6) is 0. The quantitative estimate of drug-likeness (QED) is 0.185. The van der Waals surface area contributed by atoms with E-state index in [1.807, 2.05) is 6.07 Å². The van der Waals surface area contributed by atoms with Crippen LogP contribution in [0.1, 0.15) is 28.9 Å². The van der Waals surface area contributed by atoms with Crippen molar-refractivity contribution in [2.45, 2.75) is 12.2 Å². The zero-order valence-electron chi connectivity index (χ0n) is 30.9. The number of hydrogen-bond donors (Lipinski definition) is 2. The standard InChI is InChI=1S/C52H36N4O/c1-4-15-33(16-5-1)43-31-44(34-17-6-2-7-18-34)54-52(53-43)35-19-14-22-37(29-35)55-46-28-27-40-38-23-10-12-25-45(38)56(36-20-8-3-9-21-36)51(40)50(46)42-30-41-39-24-11-13-26-48(39)57-49(41)32-47(42)55/h1-32,43,52-54H. The molecule has 57 heavy (non-hydrogen) atoms. The van der Waals surface area contributed by atoms with Crippen molar-refractivity contribution in [2.24, 2.45) is 0 Å². The Hall–Kier alpha value is -7.34. The smallest absolute Gasteiger partial charge is 0.137 e. The maximum absolute atomic E-state index is 6.56. The summed E-state index contributed by atoms with van der Waals surface area (Å²) in [5, 5.41) is 14.9. The van der Waals surface area contributed by atoms with Gasteiger partial charge in [0.25, 0.3) is 0 Å². The van der Waals surface area contributed by atoms with Crippen molar-refractivity contribution in [1.82, 2.24) is 19.8 Å². The maximum atomic E-state index is 6.56. The van der Waals surface area contributed by atoms with Crippen LogP contribution in [-0.4, -0.2) is 9.13 Å². The fourth-order valence-electron chi connectivity index (χ4n) is 9.21. The van der Waals surface area contributed by atoms with Crippen molar-refractivity contribution in [3.8, 4) is 11.4 Å². The number of rotatable bonds is 5. The Morgan fingerprint density at radius 1 is 0.439 bits per heavy atom. The van der Waals surface area contributed by atoms with Gasteiger partial charge in [0.1, 0.15) is 17.3 Å². The number of nitrogens with zero attached hydrogens (tertiary/aromatic N) is 2. The van der Waals surface area contributed by atoms with Gasteiger partial charge in [-0.2, -0.15) is 0 Å². The predicted octanol–water partition coefficient (Wildman–Crippen LogP) is 12.8. The van der Waals surface area contributed by atoms with E-state index in [0.717, 1.165) is 61.2 Å². The lowest BCUT2D eigenvalue weighted by molar-refractivity contribution is 0.442. The number of fused-ring (bicyclic) bond motifs is 10. The van der Waals surface area contributed by atoms with Crippen molar-refractivity contribution < 1.29 is 4.42 Å². The largest absolute Gasteiger partial charge is 0.456 e. The molecular weight excluding hydrogens is 697 g/mol. The van der Waals surface area contributed by atoms with E-state index < -0.39 is 0 Å². The SMILES string of the molecule is C1=C(c2ccccc2)NC(c2cccc(-n3c4cc5oc6ccccc6c5cc4c4c3ccc3c5ccccc5n(-c5ccccc5)c34)c2)NC1c1ccccc1. The Kier molecular flexibility index (Phi) is 7.06. The van der Waals surface area contributed by atoms with Gasteiger partial charge in [0.15, 0.2) is 0 Å². The Balaban J connectivity index is 1.12. The predicted molar refractivity (Wildman–Crippen MR) is 235 cm³/mol. The molecule has 4 heterocycles. The lowest BCUT2D eigenvalue weighted by atomic mass is 9.98. The number of para-hydroxylation sites is 3. The first-order valence-electron chi connectivity index (χ1n) is 19.6. The summed E-state index contributed by atoms with van der Waals surface area (Å²) < 4.78 is 11.4.